The van der Waals surface area contributed by atoms with Crippen molar-refractivity contribution >= 4 is 5.91 Å². The maximum atomic E-state index is 10.9. The van der Waals surface area contributed by atoms with Gasteiger partial charge in [0.1, 0.15) is 0 Å². The van der Waals surface area contributed by atoms with Crippen LogP contribution in [0, 0.1) is 5.92 Å². The summed E-state index contributed by atoms with van der Waals surface area (Å²) < 4.78 is 5.23. The highest BCUT2D eigenvalue weighted by atomic mass is 16.5. The average molecular weight is 186 g/mol. The van der Waals surface area contributed by atoms with Crippen molar-refractivity contribution in [2.24, 2.45) is 11.7 Å². The Kier molecular flexibility index (Phi) is 4.18. The van der Waals surface area contributed by atoms with Crippen LogP contribution in [-0.4, -0.2) is 31.7 Å². The van der Waals surface area contributed by atoms with Crippen LogP contribution in [0.2, 0.25) is 0 Å². The molecule has 3 N–H and O–H groups in total. The molecule has 0 aromatic carbocycles. The lowest BCUT2D eigenvalue weighted by molar-refractivity contribution is -0.120. The fourth-order valence-corrected chi connectivity index (χ4v) is 1.50. The molecular weight excluding hydrogens is 168 g/mol. The maximum Gasteiger partial charge on any atom is 0.234 e. The van der Waals surface area contributed by atoms with Crippen molar-refractivity contribution in [2.75, 3.05) is 19.8 Å². The summed E-state index contributed by atoms with van der Waals surface area (Å²) in [6.07, 6.45) is 1.84. The molecule has 0 spiro atoms. The summed E-state index contributed by atoms with van der Waals surface area (Å²) in [5.74, 6) is 0.287. The number of amides is 1. The summed E-state index contributed by atoms with van der Waals surface area (Å²) in [6.45, 7) is 4.44. The van der Waals surface area contributed by atoms with E-state index in [1.54, 1.807) is 0 Å². The van der Waals surface area contributed by atoms with Crippen molar-refractivity contribution in [1.29, 1.82) is 0 Å². The zero-order valence-electron chi connectivity index (χ0n) is 8.08. The van der Waals surface area contributed by atoms with E-state index >= 15 is 0 Å². The third kappa shape index (κ3) is 3.32. The monoisotopic (exact) mass is 186 g/mol. The molecule has 0 aromatic rings. The van der Waals surface area contributed by atoms with Crippen LogP contribution in [0.4, 0.5) is 0 Å². The van der Waals surface area contributed by atoms with Crippen molar-refractivity contribution in [3.63, 3.8) is 0 Å². The number of nitrogens with two attached hydrogens (primary N) is 1. The van der Waals surface area contributed by atoms with Crippen molar-refractivity contribution in [3.05, 3.63) is 0 Å². The zero-order valence-corrected chi connectivity index (χ0v) is 8.08. The quantitative estimate of drug-likeness (QED) is 0.629. The van der Waals surface area contributed by atoms with Crippen molar-refractivity contribution in [3.8, 4) is 0 Å². The van der Waals surface area contributed by atoms with Crippen LogP contribution in [0.15, 0.2) is 0 Å². The molecule has 1 aliphatic rings. The van der Waals surface area contributed by atoms with E-state index in [4.69, 9.17) is 10.5 Å². The van der Waals surface area contributed by atoms with E-state index in [1.165, 1.54) is 0 Å². The van der Waals surface area contributed by atoms with E-state index in [1.807, 2.05) is 6.92 Å². The van der Waals surface area contributed by atoms with Crippen LogP contribution >= 0.6 is 0 Å². The van der Waals surface area contributed by atoms with Gasteiger partial charge < -0.3 is 15.8 Å². The van der Waals surface area contributed by atoms with Crippen LogP contribution in [0.5, 0.6) is 0 Å². The number of ether oxygens (including phenoxy) is 1. The Hall–Kier alpha value is -0.610. The van der Waals surface area contributed by atoms with Gasteiger partial charge in [-0.15, -0.1) is 0 Å². The Bertz CT molecular complexity index is 167. The number of hydrogen-bond acceptors (Lipinski definition) is 3. The van der Waals surface area contributed by atoms with Gasteiger partial charge in [-0.3, -0.25) is 4.79 Å². The topological polar surface area (TPSA) is 64.3 Å². The Morgan fingerprint density at radius 1 is 1.77 bits per heavy atom. The Labute approximate surface area is 78.8 Å². The van der Waals surface area contributed by atoms with Crippen LogP contribution in [0.25, 0.3) is 0 Å². The van der Waals surface area contributed by atoms with Crippen LogP contribution < -0.4 is 11.1 Å². The first-order valence-electron chi connectivity index (χ1n) is 4.84. The van der Waals surface area contributed by atoms with E-state index in [2.05, 4.69) is 5.32 Å². The molecule has 4 heteroatoms. The molecule has 2 unspecified atom stereocenters. The molecule has 0 aliphatic carbocycles. The van der Waals surface area contributed by atoms with Gasteiger partial charge in [-0.2, -0.15) is 0 Å². The average Bonchev–Trinajstić information content (AvgIpc) is 2.57. The molecular formula is C9H18N2O2. The zero-order chi connectivity index (χ0) is 9.68. The smallest absolute Gasteiger partial charge is 0.234 e. The fourth-order valence-electron chi connectivity index (χ4n) is 1.50. The highest BCUT2D eigenvalue weighted by Gasteiger charge is 2.18. The molecule has 1 aliphatic heterocycles. The lowest BCUT2D eigenvalue weighted by Gasteiger charge is -2.15. The highest BCUT2D eigenvalue weighted by Crippen LogP contribution is 2.10. The van der Waals surface area contributed by atoms with Gasteiger partial charge in [-0.05, 0) is 18.8 Å². The van der Waals surface area contributed by atoms with E-state index < -0.39 is 0 Å². The van der Waals surface area contributed by atoms with Gasteiger partial charge in [0, 0.05) is 13.2 Å². The van der Waals surface area contributed by atoms with E-state index in [0.29, 0.717) is 5.92 Å². The third-order valence-corrected chi connectivity index (χ3v) is 2.43. The summed E-state index contributed by atoms with van der Waals surface area (Å²) in [6, 6.07) is -0.180. The largest absolute Gasteiger partial charge is 0.381 e. The Morgan fingerprint density at radius 3 is 3.00 bits per heavy atom. The second kappa shape index (κ2) is 5.19. The summed E-state index contributed by atoms with van der Waals surface area (Å²) in [5.41, 5.74) is 5.20. The minimum Gasteiger partial charge on any atom is -0.381 e. The molecule has 0 saturated carbocycles. The molecule has 0 radical (unpaired) electrons. The lowest BCUT2D eigenvalue weighted by Crippen LogP contribution is -2.42. The molecule has 13 heavy (non-hydrogen) atoms. The predicted molar refractivity (Wildman–Crippen MR) is 50.2 cm³/mol. The molecule has 76 valence electrons. The molecule has 1 heterocycles. The van der Waals surface area contributed by atoms with Crippen LogP contribution in [-0.2, 0) is 9.53 Å². The first-order valence-corrected chi connectivity index (χ1v) is 4.84. The molecule has 0 bridgehead atoms. The Balaban J connectivity index is 2.18. The molecule has 1 saturated heterocycles. The normalized spacial score (nSPS) is 24.5. The predicted octanol–water partition coefficient (Wildman–Crippen LogP) is -0.124. The van der Waals surface area contributed by atoms with Gasteiger partial charge in [0.25, 0.3) is 0 Å². The van der Waals surface area contributed by atoms with Gasteiger partial charge in [0.15, 0.2) is 0 Å². The number of carbonyl (C=O) groups is 1. The summed E-state index contributed by atoms with van der Waals surface area (Å²) >= 11 is 0. The summed E-state index contributed by atoms with van der Waals surface area (Å²) in [7, 11) is 0. The van der Waals surface area contributed by atoms with Gasteiger partial charge >= 0.3 is 0 Å². The lowest BCUT2D eigenvalue weighted by atomic mass is 10.1. The molecule has 1 fully saturated rings. The molecule has 1 rings (SSSR count). The minimum absolute atomic E-state index is 0.180. The number of nitrogens with one attached hydrogen (secondary N) is 1. The van der Waals surface area contributed by atoms with Crippen LogP contribution in [0.1, 0.15) is 19.8 Å². The first-order chi connectivity index (χ1) is 6.24. The SMILES string of the molecule is CCC(NCC1CCOC1)C(N)=O. The highest BCUT2D eigenvalue weighted by molar-refractivity contribution is 5.79. The molecule has 1 amide bonds. The summed E-state index contributed by atoms with van der Waals surface area (Å²) in [5, 5.41) is 3.16. The first kappa shape index (κ1) is 10.5. The van der Waals surface area contributed by atoms with Gasteiger partial charge in [0.05, 0.1) is 12.6 Å². The molecule has 0 aromatic heterocycles. The van der Waals surface area contributed by atoms with Crippen molar-refractivity contribution in [1.82, 2.24) is 5.32 Å². The molecule has 4 nitrogen and oxygen atoms in total. The van der Waals surface area contributed by atoms with E-state index in [9.17, 15) is 4.79 Å². The fraction of sp³-hybridized carbons (Fsp3) is 0.889. The van der Waals surface area contributed by atoms with Gasteiger partial charge in [0.2, 0.25) is 5.91 Å². The van der Waals surface area contributed by atoms with Crippen LogP contribution in [0.3, 0.4) is 0 Å². The second-order valence-corrected chi connectivity index (χ2v) is 3.50. The number of hydrogen-bond donors (Lipinski definition) is 2. The number of primary amides is 1. The number of carbonyl (C=O) groups excluding carboxylic acids is 1. The standard InChI is InChI=1S/C9H18N2O2/c1-2-8(9(10)12)11-5-7-3-4-13-6-7/h7-8,11H,2-6H2,1H3,(H2,10,12). The Morgan fingerprint density at radius 2 is 2.54 bits per heavy atom. The van der Waals surface area contributed by atoms with Gasteiger partial charge in [-0.1, -0.05) is 6.92 Å². The maximum absolute atomic E-state index is 10.9. The van der Waals surface area contributed by atoms with E-state index in [0.717, 1.165) is 32.6 Å². The molecule has 2 atom stereocenters. The second-order valence-electron chi connectivity index (χ2n) is 3.50. The van der Waals surface area contributed by atoms with Gasteiger partial charge in [-0.25, -0.2) is 0 Å². The van der Waals surface area contributed by atoms with Crippen molar-refractivity contribution in [2.45, 2.75) is 25.8 Å². The van der Waals surface area contributed by atoms with E-state index in [-0.39, 0.29) is 11.9 Å². The number of rotatable bonds is 5. The minimum atomic E-state index is -0.263. The summed E-state index contributed by atoms with van der Waals surface area (Å²) in [4.78, 5) is 10.9. The van der Waals surface area contributed by atoms with Crippen molar-refractivity contribution < 1.29 is 9.53 Å². The third-order valence-electron chi connectivity index (χ3n) is 2.43.